The number of ether oxygens (including phenoxy) is 4. The van der Waals surface area contributed by atoms with E-state index in [1.165, 1.54) is 0 Å². The van der Waals surface area contributed by atoms with Crippen LogP contribution in [0.5, 0.6) is 17.4 Å². The predicted molar refractivity (Wildman–Crippen MR) is 118 cm³/mol. The highest BCUT2D eigenvalue weighted by atomic mass is 35.5. The van der Waals surface area contributed by atoms with Gasteiger partial charge in [0.25, 0.3) is 5.88 Å². The smallest absolute Gasteiger partial charge is 0.427 e. The zero-order valence-electron chi connectivity index (χ0n) is 19.8. The third-order valence-corrected chi connectivity index (χ3v) is 3.56. The number of rotatable bonds is 5. The van der Waals surface area contributed by atoms with Gasteiger partial charge < -0.3 is 18.9 Å². The molecule has 0 saturated heterocycles. The first-order valence-electron chi connectivity index (χ1n) is 10.0. The summed E-state index contributed by atoms with van der Waals surface area (Å²) < 4.78 is 58.2. The Morgan fingerprint density at radius 2 is 1.43 bits per heavy atom. The molecule has 14 heteroatoms. The van der Waals surface area contributed by atoms with Crippen LogP contribution in [0.2, 0.25) is 5.02 Å². The quantitative estimate of drug-likeness (QED) is 0.473. The van der Waals surface area contributed by atoms with Crippen LogP contribution >= 0.6 is 11.6 Å². The topological polar surface area (TPSA) is 113 Å². The molecular formula is C21H24ClF3N4O6. The Morgan fingerprint density at radius 1 is 0.914 bits per heavy atom. The average Bonchev–Trinajstić information content (AvgIpc) is 2.66. The maximum absolute atomic E-state index is 12.7. The number of alkyl halides is 3. The van der Waals surface area contributed by atoms with Crippen LogP contribution in [0, 0.1) is 0 Å². The lowest BCUT2D eigenvalue weighted by Gasteiger charge is -2.27. The van der Waals surface area contributed by atoms with Crippen molar-refractivity contribution in [2.75, 3.05) is 11.5 Å². The molecule has 0 aliphatic carbocycles. The molecule has 2 heterocycles. The van der Waals surface area contributed by atoms with Crippen molar-refractivity contribution in [3.05, 3.63) is 29.7 Å². The lowest BCUT2D eigenvalue weighted by molar-refractivity contribution is -0.153. The monoisotopic (exact) mass is 520 g/mol. The minimum atomic E-state index is -4.60. The van der Waals surface area contributed by atoms with Gasteiger partial charge in [0.2, 0.25) is 5.95 Å². The number of carbonyl (C=O) groups is 2. The van der Waals surface area contributed by atoms with Crippen molar-refractivity contribution in [3.63, 3.8) is 0 Å². The summed E-state index contributed by atoms with van der Waals surface area (Å²) in [5.74, 6) is -1.19. The number of anilines is 1. The summed E-state index contributed by atoms with van der Waals surface area (Å²) in [6, 6.07) is 1.09. The Kier molecular flexibility index (Phi) is 8.37. The third kappa shape index (κ3) is 9.43. The number of hydrogen-bond acceptors (Lipinski definition) is 9. The summed E-state index contributed by atoms with van der Waals surface area (Å²) in [7, 11) is 0. The Balaban J connectivity index is 2.30. The normalized spacial score (nSPS) is 12.1. The van der Waals surface area contributed by atoms with Crippen LogP contribution < -0.4 is 14.4 Å². The predicted octanol–water partition coefficient (Wildman–Crippen LogP) is 5.94. The summed E-state index contributed by atoms with van der Waals surface area (Å²) in [6.45, 7) is 8.03. The van der Waals surface area contributed by atoms with Crippen molar-refractivity contribution in [1.29, 1.82) is 0 Å². The van der Waals surface area contributed by atoms with Gasteiger partial charge in [0.05, 0.1) is 17.4 Å². The van der Waals surface area contributed by atoms with Crippen LogP contribution in [0.3, 0.4) is 0 Å². The van der Waals surface area contributed by atoms with Gasteiger partial charge in [0.15, 0.2) is 18.1 Å². The van der Waals surface area contributed by atoms with Crippen LogP contribution in [-0.4, -0.2) is 51.1 Å². The zero-order chi connectivity index (χ0) is 26.6. The Bertz CT molecular complexity index is 1020. The first-order valence-corrected chi connectivity index (χ1v) is 10.4. The molecule has 2 aromatic rings. The number of hydrogen-bond donors (Lipinski definition) is 0. The van der Waals surface area contributed by atoms with Gasteiger partial charge in [0.1, 0.15) is 11.2 Å². The van der Waals surface area contributed by atoms with Gasteiger partial charge >= 0.3 is 18.4 Å². The molecule has 0 N–H and O–H groups in total. The van der Waals surface area contributed by atoms with Crippen LogP contribution in [-0.2, 0) is 9.47 Å². The number of carbonyl (C=O) groups excluding carboxylic acids is 2. The lowest BCUT2D eigenvalue weighted by Crippen LogP contribution is -2.44. The van der Waals surface area contributed by atoms with Gasteiger partial charge in [0, 0.05) is 12.3 Å². The molecule has 0 aliphatic rings. The molecule has 0 atom stereocenters. The molecule has 0 saturated carbocycles. The minimum Gasteiger partial charge on any atom is -0.478 e. The largest absolute Gasteiger partial charge is 0.478 e. The summed E-state index contributed by atoms with van der Waals surface area (Å²) in [5.41, 5.74) is -1.87. The maximum atomic E-state index is 12.7. The summed E-state index contributed by atoms with van der Waals surface area (Å²) in [4.78, 5) is 37.5. The molecule has 0 unspecified atom stereocenters. The highest BCUT2D eigenvalue weighted by Crippen LogP contribution is 2.32. The van der Waals surface area contributed by atoms with Gasteiger partial charge in [-0.25, -0.2) is 24.5 Å². The minimum absolute atomic E-state index is 0.0199. The fraction of sp³-hybridized carbons (Fsp3) is 0.476. The van der Waals surface area contributed by atoms with Crippen molar-refractivity contribution in [3.8, 4) is 17.4 Å². The molecule has 0 bridgehead atoms. The molecule has 2 aromatic heterocycles. The zero-order valence-corrected chi connectivity index (χ0v) is 20.5. The fourth-order valence-electron chi connectivity index (χ4n) is 2.19. The second-order valence-corrected chi connectivity index (χ2v) is 9.41. The lowest BCUT2D eigenvalue weighted by atomic mass is 10.2. The summed E-state index contributed by atoms with van der Waals surface area (Å²) in [6.07, 6.45) is -3.50. The molecule has 10 nitrogen and oxygen atoms in total. The average molecular weight is 521 g/mol. The number of amides is 2. The Hall–Kier alpha value is -3.35. The van der Waals surface area contributed by atoms with Gasteiger partial charge in [-0.2, -0.15) is 13.2 Å². The molecule has 2 amide bonds. The van der Waals surface area contributed by atoms with Crippen molar-refractivity contribution in [1.82, 2.24) is 15.0 Å². The Morgan fingerprint density at radius 3 is 1.89 bits per heavy atom. The molecule has 2 rings (SSSR count). The van der Waals surface area contributed by atoms with E-state index in [4.69, 9.17) is 30.5 Å². The van der Waals surface area contributed by atoms with E-state index in [-0.39, 0.29) is 22.4 Å². The standard InChI is InChI=1S/C21H24ClF3N4O6/c1-19(2,3)34-17(30)29(18(31)35-20(4,5)6)16-27-9-13(10-28-16)33-15-14(7-12(22)8-26-15)32-11-21(23,24)25/h7-10H,11H2,1-6H3. The molecule has 0 spiro atoms. The van der Waals surface area contributed by atoms with Gasteiger partial charge in [-0.15, -0.1) is 4.90 Å². The SMILES string of the molecule is CC(C)(C)OC(=O)N(C(=O)OC(C)(C)C)c1ncc(Oc2ncc(Cl)cc2OCC(F)(F)F)cn1. The van der Waals surface area contributed by atoms with E-state index in [9.17, 15) is 22.8 Å². The van der Waals surface area contributed by atoms with Crippen molar-refractivity contribution >= 4 is 29.7 Å². The molecule has 35 heavy (non-hydrogen) atoms. The number of halogens is 4. The molecule has 0 aromatic carbocycles. The summed E-state index contributed by atoms with van der Waals surface area (Å²) in [5, 5.41) is 0.0199. The van der Waals surface area contributed by atoms with Crippen LogP contribution in [0.1, 0.15) is 41.5 Å². The van der Waals surface area contributed by atoms with Crippen molar-refractivity contribution in [2.45, 2.75) is 58.9 Å². The maximum Gasteiger partial charge on any atom is 0.427 e. The Labute approximate surface area is 204 Å². The van der Waals surface area contributed by atoms with Crippen LogP contribution in [0.25, 0.3) is 0 Å². The van der Waals surface area contributed by atoms with Crippen LogP contribution in [0.4, 0.5) is 28.7 Å². The first kappa shape index (κ1) is 27.9. The third-order valence-electron chi connectivity index (χ3n) is 3.36. The van der Waals surface area contributed by atoms with E-state index in [2.05, 4.69) is 15.0 Å². The second-order valence-electron chi connectivity index (χ2n) is 8.98. The highest BCUT2D eigenvalue weighted by molar-refractivity contribution is 6.30. The highest BCUT2D eigenvalue weighted by Gasteiger charge is 2.34. The number of nitrogens with zero attached hydrogens (tertiary/aromatic N) is 4. The van der Waals surface area contributed by atoms with E-state index in [0.29, 0.717) is 4.90 Å². The van der Waals surface area contributed by atoms with Gasteiger partial charge in [-0.1, -0.05) is 11.6 Å². The fourth-order valence-corrected chi connectivity index (χ4v) is 2.34. The summed E-state index contributed by atoms with van der Waals surface area (Å²) >= 11 is 5.78. The van der Waals surface area contributed by atoms with Gasteiger partial charge in [-0.05, 0) is 41.5 Å². The molecule has 192 valence electrons. The molecule has 0 aliphatic heterocycles. The molecular weight excluding hydrogens is 497 g/mol. The van der Waals surface area contributed by atoms with Gasteiger partial charge in [-0.3, -0.25) is 0 Å². The number of pyridine rings is 1. The van der Waals surface area contributed by atoms with E-state index in [1.807, 2.05) is 0 Å². The van der Waals surface area contributed by atoms with E-state index in [0.717, 1.165) is 24.7 Å². The van der Waals surface area contributed by atoms with Crippen molar-refractivity contribution in [2.24, 2.45) is 0 Å². The molecule has 0 fully saturated rings. The van der Waals surface area contributed by atoms with Crippen LogP contribution in [0.15, 0.2) is 24.7 Å². The number of aromatic nitrogens is 3. The number of imide groups is 1. The van der Waals surface area contributed by atoms with E-state index >= 15 is 0 Å². The molecule has 0 radical (unpaired) electrons. The first-order chi connectivity index (χ1) is 15.9. The second kappa shape index (κ2) is 10.5. The van der Waals surface area contributed by atoms with E-state index in [1.54, 1.807) is 41.5 Å². The van der Waals surface area contributed by atoms with Crippen molar-refractivity contribution < 1.29 is 41.7 Å². The van der Waals surface area contributed by atoms with E-state index < -0.39 is 42.1 Å².